The summed E-state index contributed by atoms with van der Waals surface area (Å²) < 4.78 is 2.11. The van der Waals surface area contributed by atoms with Gasteiger partial charge in [0, 0.05) is 32.5 Å². The maximum atomic E-state index is 3.59. The van der Waals surface area contributed by atoms with Gasteiger partial charge in [-0.1, -0.05) is 13.3 Å². The zero-order valence-electron chi connectivity index (χ0n) is 9.92. The molecule has 1 aliphatic rings. The fraction of sp³-hybridized carbons (Fsp3) is 0.692. The summed E-state index contributed by atoms with van der Waals surface area (Å²) in [6.45, 7) is 4.51. The molecule has 84 valence electrons. The van der Waals surface area contributed by atoms with Gasteiger partial charge in [0.2, 0.25) is 0 Å². The average Bonchev–Trinajstić information content (AvgIpc) is 2.83. The molecule has 15 heavy (non-hydrogen) atoms. The van der Waals surface area contributed by atoms with Crippen LogP contribution < -0.4 is 5.32 Å². The van der Waals surface area contributed by atoms with Gasteiger partial charge < -0.3 is 9.88 Å². The lowest BCUT2D eigenvalue weighted by Crippen LogP contribution is -2.23. The van der Waals surface area contributed by atoms with E-state index in [2.05, 4.69) is 42.3 Å². The third-order valence-electron chi connectivity index (χ3n) is 3.46. The second-order valence-corrected chi connectivity index (χ2v) is 5.04. The van der Waals surface area contributed by atoms with Crippen molar-refractivity contribution in [1.82, 2.24) is 9.88 Å². The van der Waals surface area contributed by atoms with Crippen LogP contribution in [0.5, 0.6) is 0 Å². The molecule has 1 heterocycles. The first-order chi connectivity index (χ1) is 7.24. The highest BCUT2D eigenvalue weighted by Gasteiger charge is 2.40. The maximum Gasteiger partial charge on any atom is 0.0220 e. The summed E-state index contributed by atoms with van der Waals surface area (Å²) in [7, 11) is 2.07. The molecule has 1 aromatic rings. The minimum Gasteiger partial charge on any atom is -0.357 e. The Morgan fingerprint density at radius 3 is 2.80 bits per heavy atom. The molecular weight excluding hydrogens is 184 g/mol. The van der Waals surface area contributed by atoms with E-state index in [0.717, 1.165) is 6.54 Å². The van der Waals surface area contributed by atoms with Crippen molar-refractivity contribution in [2.45, 2.75) is 39.2 Å². The van der Waals surface area contributed by atoms with Crippen molar-refractivity contribution >= 4 is 0 Å². The van der Waals surface area contributed by atoms with Gasteiger partial charge in [-0.3, -0.25) is 0 Å². The quantitative estimate of drug-likeness (QED) is 0.757. The highest BCUT2D eigenvalue weighted by molar-refractivity contribution is 5.09. The summed E-state index contributed by atoms with van der Waals surface area (Å²) in [5.41, 5.74) is 2.06. The molecule has 2 rings (SSSR count). The smallest absolute Gasteiger partial charge is 0.0220 e. The molecule has 0 amide bonds. The van der Waals surface area contributed by atoms with E-state index in [1.807, 2.05) is 0 Å². The summed E-state index contributed by atoms with van der Waals surface area (Å²) in [5.74, 6) is 0. The predicted molar refractivity (Wildman–Crippen MR) is 63.7 cm³/mol. The van der Waals surface area contributed by atoms with Crippen LogP contribution in [-0.4, -0.2) is 11.1 Å². The minimum absolute atomic E-state index is 0.670. The Labute approximate surface area is 92.7 Å². The number of hydrogen-bond donors (Lipinski definition) is 1. The van der Waals surface area contributed by atoms with Crippen molar-refractivity contribution in [3.63, 3.8) is 0 Å². The number of aromatic nitrogens is 1. The van der Waals surface area contributed by atoms with Crippen LogP contribution in [0, 0.1) is 5.41 Å². The van der Waals surface area contributed by atoms with Gasteiger partial charge in [-0.15, -0.1) is 0 Å². The molecule has 0 aromatic carbocycles. The van der Waals surface area contributed by atoms with Crippen LogP contribution in [0.2, 0.25) is 0 Å². The summed E-state index contributed by atoms with van der Waals surface area (Å²) >= 11 is 0. The van der Waals surface area contributed by atoms with E-state index < -0.39 is 0 Å². The van der Waals surface area contributed by atoms with Crippen LogP contribution in [0.25, 0.3) is 0 Å². The number of aryl methyl sites for hydroxylation is 1. The summed E-state index contributed by atoms with van der Waals surface area (Å²) in [6.07, 6.45) is 9.88. The van der Waals surface area contributed by atoms with Crippen LogP contribution in [0.4, 0.5) is 0 Å². The van der Waals surface area contributed by atoms with Gasteiger partial charge in [0.25, 0.3) is 0 Å². The van der Waals surface area contributed by atoms with Gasteiger partial charge in [-0.25, -0.2) is 0 Å². The molecule has 1 saturated carbocycles. The lowest BCUT2D eigenvalue weighted by Gasteiger charge is -2.14. The van der Waals surface area contributed by atoms with Gasteiger partial charge >= 0.3 is 0 Å². The Kier molecular flexibility index (Phi) is 3.15. The highest BCUT2D eigenvalue weighted by atomic mass is 14.9. The van der Waals surface area contributed by atoms with E-state index in [9.17, 15) is 0 Å². The van der Waals surface area contributed by atoms with Crippen LogP contribution >= 0.6 is 0 Å². The summed E-state index contributed by atoms with van der Waals surface area (Å²) in [4.78, 5) is 0. The Hall–Kier alpha value is -0.760. The van der Waals surface area contributed by atoms with E-state index in [-0.39, 0.29) is 0 Å². The zero-order chi connectivity index (χ0) is 10.7. The van der Waals surface area contributed by atoms with Gasteiger partial charge in [0.1, 0.15) is 0 Å². The molecule has 1 aromatic heterocycles. The Bertz CT molecular complexity index is 310. The van der Waals surface area contributed by atoms with Gasteiger partial charge in [-0.2, -0.15) is 0 Å². The van der Waals surface area contributed by atoms with Crippen molar-refractivity contribution in [1.29, 1.82) is 0 Å². The molecule has 2 heteroatoms. The van der Waals surface area contributed by atoms with Gasteiger partial charge in [-0.05, 0) is 36.3 Å². The first-order valence-corrected chi connectivity index (χ1v) is 6.06. The van der Waals surface area contributed by atoms with E-state index in [4.69, 9.17) is 0 Å². The molecule has 1 aliphatic carbocycles. The van der Waals surface area contributed by atoms with E-state index in [0.29, 0.717) is 5.41 Å². The van der Waals surface area contributed by atoms with Crippen molar-refractivity contribution in [2.24, 2.45) is 12.5 Å². The number of hydrogen-bond acceptors (Lipinski definition) is 1. The van der Waals surface area contributed by atoms with Crippen LogP contribution in [0.15, 0.2) is 18.5 Å². The molecule has 2 nitrogen and oxygen atoms in total. The lowest BCUT2D eigenvalue weighted by atomic mass is 10.0. The van der Waals surface area contributed by atoms with Crippen molar-refractivity contribution in [2.75, 3.05) is 6.54 Å². The standard InChI is InChI=1S/C13H22N2/c1-3-5-13(6-7-13)11-14-9-12-4-8-15(2)10-12/h4,8,10,14H,3,5-7,9,11H2,1-2H3. The van der Waals surface area contributed by atoms with E-state index in [1.165, 1.54) is 37.8 Å². The predicted octanol–water partition coefficient (Wildman–Crippen LogP) is 2.70. The normalized spacial score (nSPS) is 18.0. The van der Waals surface area contributed by atoms with Crippen LogP contribution in [0.1, 0.15) is 38.2 Å². The topological polar surface area (TPSA) is 17.0 Å². The number of nitrogens with zero attached hydrogens (tertiary/aromatic N) is 1. The molecule has 0 unspecified atom stereocenters. The molecule has 0 spiro atoms. The van der Waals surface area contributed by atoms with E-state index >= 15 is 0 Å². The third kappa shape index (κ3) is 2.85. The first kappa shape index (κ1) is 10.7. The maximum absolute atomic E-state index is 3.59. The fourth-order valence-electron chi connectivity index (χ4n) is 2.36. The minimum atomic E-state index is 0.670. The molecule has 0 bridgehead atoms. The van der Waals surface area contributed by atoms with Gasteiger partial charge in [0.15, 0.2) is 0 Å². The molecule has 1 N–H and O–H groups in total. The number of rotatable bonds is 6. The second kappa shape index (κ2) is 4.40. The fourth-order valence-corrected chi connectivity index (χ4v) is 2.36. The average molecular weight is 206 g/mol. The summed E-state index contributed by atoms with van der Waals surface area (Å²) in [5, 5.41) is 3.59. The van der Waals surface area contributed by atoms with Crippen LogP contribution in [0.3, 0.4) is 0 Å². The largest absolute Gasteiger partial charge is 0.357 e. The van der Waals surface area contributed by atoms with Gasteiger partial charge in [0.05, 0.1) is 0 Å². The lowest BCUT2D eigenvalue weighted by molar-refractivity contribution is 0.421. The molecule has 1 fully saturated rings. The van der Waals surface area contributed by atoms with Crippen molar-refractivity contribution in [3.05, 3.63) is 24.0 Å². The molecule has 0 atom stereocenters. The van der Waals surface area contributed by atoms with Crippen molar-refractivity contribution < 1.29 is 0 Å². The van der Waals surface area contributed by atoms with E-state index in [1.54, 1.807) is 0 Å². The molecule has 0 radical (unpaired) electrons. The highest BCUT2D eigenvalue weighted by Crippen LogP contribution is 2.48. The zero-order valence-corrected chi connectivity index (χ0v) is 9.92. The number of nitrogens with one attached hydrogen (secondary N) is 1. The molecule has 0 aliphatic heterocycles. The summed E-state index contributed by atoms with van der Waals surface area (Å²) in [6, 6.07) is 2.19. The third-order valence-corrected chi connectivity index (χ3v) is 3.46. The van der Waals surface area contributed by atoms with Crippen LogP contribution in [-0.2, 0) is 13.6 Å². The van der Waals surface area contributed by atoms with Crippen molar-refractivity contribution in [3.8, 4) is 0 Å². The second-order valence-electron chi connectivity index (χ2n) is 5.04. The Morgan fingerprint density at radius 2 is 2.27 bits per heavy atom. The molecular formula is C13H22N2. The SMILES string of the molecule is CCCC1(CNCc2ccn(C)c2)CC1. The monoisotopic (exact) mass is 206 g/mol. The Balaban J connectivity index is 1.71. The first-order valence-electron chi connectivity index (χ1n) is 6.06. The Morgan fingerprint density at radius 1 is 1.47 bits per heavy atom. The molecule has 0 saturated heterocycles.